The predicted molar refractivity (Wildman–Crippen MR) is 75.3 cm³/mol. The number of hydrogen-bond acceptors (Lipinski definition) is 3. The SMILES string of the molecule is O=C(NC1CC1)C1CCCN(c2cccc(C(F)(F)F)n2)C1. The van der Waals surface area contributed by atoms with E-state index in [2.05, 4.69) is 10.3 Å². The Balaban J connectivity index is 1.70. The maximum atomic E-state index is 12.7. The number of halogens is 3. The number of pyridine rings is 1. The Kier molecular flexibility index (Phi) is 3.97. The maximum Gasteiger partial charge on any atom is 0.433 e. The van der Waals surface area contributed by atoms with E-state index >= 15 is 0 Å². The molecular formula is C15H18F3N3O. The van der Waals surface area contributed by atoms with Gasteiger partial charge in [0, 0.05) is 19.1 Å². The van der Waals surface area contributed by atoms with Crippen molar-refractivity contribution in [1.29, 1.82) is 0 Å². The number of aromatic nitrogens is 1. The Bertz CT molecular complexity index is 557. The maximum absolute atomic E-state index is 12.7. The van der Waals surface area contributed by atoms with Gasteiger partial charge in [-0.15, -0.1) is 0 Å². The zero-order chi connectivity index (χ0) is 15.7. The molecule has 22 heavy (non-hydrogen) atoms. The van der Waals surface area contributed by atoms with Crippen LogP contribution in [0.3, 0.4) is 0 Å². The van der Waals surface area contributed by atoms with Crippen LogP contribution in [0, 0.1) is 5.92 Å². The number of alkyl halides is 3. The Morgan fingerprint density at radius 3 is 2.73 bits per heavy atom. The van der Waals surface area contributed by atoms with Crippen LogP contribution in [0.5, 0.6) is 0 Å². The molecule has 1 amide bonds. The highest BCUT2D eigenvalue weighted by atomic mass is 19.4. The van der Waals surface area contributed by atoms with Crippen LogP contribution in [-0.2, 0) is 11.0 Å². The summed E-state index contributed by atoms with van der Waals surface area (Å²) in [6.45, 7) is 1.05. The molecule has 0 aromatic carbocycles. The van der Waals surface area contributed by atoms with Crippen molar-refractivity contribution in [2.24, 2.45) is 5.92 Å². The first kappa shape index (κ1) is 15.1. The van der Waals surface area contributed by atoms with E-state index in [1.165, 1.54) is 6.07 Å². The summed E-state index contributed by atoms with van der Waals surface area (Å²) < 4.78 is 38.2. The van der Waals surface area contributed by atoms with Crippen molar-refractivity contribution in [3.63, 3.8) is 0 Å². The second kappa shape index (κ2) is 5.78. The minimum absolute atomic E-state index is 0.0131. The standard InChI is InChI=1S/C15H18F3N3O/c16-15(17,18)12-4-1-5-13(20-12)21-8-2-3-10(9-21)14(22)19-11-6-7-11/h1,4-5,10-11H,2-3,6-9H2,(H,19,22). The van der Waals surface area contributed by atoms with Crippen LogP contribution in [0.2, 0.25) is 0 Å². The number of rotatable bonds is 3. The Morgan fingerprint density at radius 2 is 2.05 bits per heavy atom. The number of anilines is 1. The zero-order valence-electron chi connectivity index (χ0n) is 12.1. The van der Waals surface area contributed by atoms with Crippen molar-refractivity contribution >= 4 is 11.7 Å². The number of carbonyl (C=O) groups is 1. The number of nitrogens with one attached hydrogen (secondary N) is 1. The van der Waals surface area contributed by atoms with Crippen LogP contribution < -0.4 is 10.2 Å². The summed E-state index contributed by atoms with van der Waals surface area (Å²) in [4.78, 5) is 17.6. The van der Waals surface area contributed by atoms with Crippen molar-refractivity contribution in [2.45, 2.75) is 37.9 Å². The molecule has 7 heteroatoms. The van der Waals surface area contributed by atoms with E-state index in [4.69, 9.17) is 0 Å². The Hall–Kier alpha value is -1.79. The van der Waals surface area contributed by atoms with E-state index in [1.54, 1.807) is 11.0 Å². The second-order valence-electron chi connectivity index (χ2n) is 5.95. The smallest absolute Gasteiger partial charge is 0.356 e. The van der Waals surface area contributed by atoms with Crippen molar-refractivity contribution in [3.05, 3.63) is 23.9 Å². The Morgan fingerprint density at radius 1 is 1.27 bits per heavy atom. The predicted octanol–water partition coefficient (Wildman–Crippen LogP) is 2.60. The summed E-state index contributed by atoms with van der Waals surface area (Å²) in [7, 11) is 0. The van der Waals surface area contributed by atoms with Crippen LogP contribution in [-0.4, -0.2) is 30.0 Å². The lowest BCUT2D eigenvalue weighted by Gasteiger charge is -2.33. The van der Waals surface area contributed by atoms with Crippen molar-refractivity contribution < 1.29 is 18.0 Å². The molecule has 1 aromatic heterocycles. The number of carbonyl (C=O) groups excluding carboxylic acids is 1. The first-order valence-electron chi connectivity index (χ1n) is 7.53. The molecule has 2 aliphatic rings. The molecule has 1 aliphatic heterocycles. The van der Waals surface area contributed by atoms with Gasteiger partial charge in [-0.1, -0.05) is 6.07 Å². The average Bonchev–Trinajstić information content (AvgIpc) is 3.31. The topological polar surface area (TPSA) is 45.2 Å². The minimum Gasteiger partial charge on any atom is -0.356 e. The van der Waals surface area contributed by atoms with Crippen molar-refractivity contribution in [2.75, 3.05) is 18.0 Å². The first-order valence-corrected chi connectivity index (χ1v) is 7.53. The average molecular weight is 313 g/mol. The summed E-state index contributed by atoms with van der Waals surface area (Å²) in [5, 5.41) is 2.97. The van der Waals surface area contributed by atoms with E-state index in [9.17, 15) is 18.0 Å². The van der Waals surface area contributed by atoms with Gasteiger partial charge in [-0.3, -0.25) is 4.79 Å². The molecule has 1 atom stereocenters. The second-order valence-corrected chi connectivity index (χ2v) is 5.95. The van der Waals surface area contributed by atoms with E-state index < -0.39 is 11.9 Å². The van der Waals surface area contributed by atoms with Gasteiger partial charge in [0.25, 0.3) is 0 Å². The molecule has 1 saturated heterocycles. The molecule has 1 aromatic rings. The third kappa shape index (κ3) is 3.51. The molecule has 1 aliphatic carbocycles. The van der Waals surface area contributed by atoms with Gasteiger partial charge in [-0.2, -0.15) is 13.2 Å². The van der Waals surface area contributed by atoms with Crippen molar-refractivity contribution in [1.82, 2.24) is 10.3 Å². The van der Waals surface area contributed by atoms with Gasteiger partial charge in [0.2, 0.25) is 5.91 Å². The van der Waals surface area contributed by atoms with Crippen molar-refractivity contribution in [3.8, 4) is 0 Å². The van der Waals surface area contributed by atoms with Gasteiger partial charge in [0.05, 0.1) is 5.92 Å². The lowest BCUT2D eigenvalue weighted by molar-refractivity contribution is -0.141. The molecule has 120 valence electrons. The lowest BCUT2D eigenvalue weighted by atomic mass is 9.97. The molecule has 1 N–H and O–H groups in total. The third-order valence-corrected chi connectivity index (χ3v) is 4.06. The fraction of sp³-hybridized carbons (Fsp3) is 0.600. The Labute approximate surface area is 126 Å². The normalized spacial score (nSPS) is 22.5. The summed E-state index contributed by atoms with van der Waals surface area (Å²) >= 11 is 0. The van der Waals surface area contributed by atoms with Crippen LogP contribution in [0.1, 0.15) is 31.4 Å². The molecule has 2 fully saturated rings. The van der Waals surface area contributed by atoms with Gasteiger partial charge >= 0.3 is 6.18 Å². The van der Waals surface area contributed by atoms with E-state index in [1.807, 2.05) is 0 Å². The van der Waals surface area contributed by atoms with Gasteiger partial charge < -0.3 is 10.2 Å². The highest BCUT2D eigenvalue weighted by Crippen LogP contribution is 2.30. The molecule has 0 radical (unpaired) electrons. The van der Waals surface area contributed by atoms with Gasteiger partial charge in [-0.05, 0) is 37.8 Å². The highest BCUT2D eigenvalue weighted by Gasteiger charge is 2.34. The number of hydrogen-bond donors (Lipinski definition) is 1. The molecule has 1 unspecified atom stereocenters. The van der Waals surface area contributed by atoms with Crippen LogP contribution in [0.4, 0.5) is 19.0 Å². The van der Waals surface area contributed by atoms with Crippen LogP contribution in [0.25, 0.3) is 0 Å². The number of piperidine rings is 1. The van der Waals surface area contributed by atoms with Gasteiger partial charge in [-0.25, -0.2) is 4.98 Å². The molecule has 2 heterocycles. The van der Waals surface area contributed by atoms with E-state index in [0.717, 1.165) is 31.7 Å². The highest BCUT2D eigenvalue weighted by molar-refractivity contribution is 5.80. The molecule has 3 rings (SSSR count). The van der Waals surface area contributed by atoms with Crippen LogP contribution in [0.15, 0.2) is 18.2 Å². The largest absolute Gasteiger partial charge is 0.433 e. The fourth-order valence-corrected chi connectivity index (χ4v) is 2.70. The third-order valence-electron chi connectivity index (χ3n) is 4.06. The lowest BCUT2D eigenvalue weighted by Crippen LogP contribution is -2.44. The zero-order valence-corrected chi connectivity index (χ0v) is 12.1. The van der Waals surface area contributed by atoms with Gasteiger partial charge in [0.15, 0.2) is 0 Å². The molecular weight excluding hydrogens is 295 g/mol. The van der Waals surface area contributed by atoms with Crippen LogP contribution >= 0.6 is 0 Å². The fourth-order valence-electron chi connectivity index (χ4n) is 2.70. The molecule has 0 spiro atoms. The summed E-state index contributed by atoms with van der Waals surface area (Å²) in [6.07, 6.45) is -0.849. The monoisotopic (exact) mass is 313 g/mol. The quantitative estimate of drug-likeness (QED) is 0.933. The first-order chi connectivity index (χ1) is 10.4. The summed E-state index contributed by atoms with van der Waals surface area (Å²) in [6, 6.07) is 4.19. The van der Waals surface area contributed by atoms with Gasteiger partial charge in [0.1, 0.15) is 11.5 Å². The molecule has 0 bridgehead atoms. The number of amides is 1. The van der Waals surface area contributed by atoms with E-state index in [-0.39, 0.29) is 11.8 Å². The summed E-state index contributed by atoms with van der Waals surface area (Å²) in [5.41, 5.74) is -0.894. The molecule has 1 saturated carbocycles. The minimum atomic E-state index is -4.45. The van der Waals surface area contributed by atoms with E-state index in [0.29, 0.717) is 24.9 Å². The molecule has 4 nitrogen and oxygen atoms in total. The summed E-state index contributed by atoms with van der Waals surface area (Å²) in [5.74, 6) is 0.128. The number of nitrogens with zero attached hydrogens (tertiary/aromatic N) is 2.